The molecule has 1 aromatic heterocycles. The van der Waals surface area contributed by atoms with E-state index in [9.17, 15) is 14.7 Å². The number of nitrogens with one attached hydrogen (secondary N) is 1. The van der Waals surface area contributed by atoms with Crippen LogP contribution < -0.4 is 5.32 Å². The van der Waals surface area contributed by atoms with Gasteiger partial charge in [-0.25, -0.2) is 0 Å². The summed E-state index contributed by atoms with van der Waals surface area (Å²) in [5.41, 5.74) is 5.76. The minimum atomic E-state index is -0.749. The third-order valence-corrected chi connectivity index (χ3v) is 6.55. The van der Waals surface area contributed by atoms with Gasteiger partial charge in [0, 0.05) is 24.1 Å². The highest BCUT2D eigenvalue weighted by atomic mass is 16.4. The summed E-state index contributed by atoms with van der Waals surface area (Å²) in [7, 11) is 0. The van der Waals surface area contributed by atoms with Crippen molar-refractivity contribution in [3.8, 4) is 0 Å². The molecule has 5 heteroatoms. The molecule has 0 bridgehead atoms. The molecular formula is C28H32N2O3. The molecule has 0 saturated heterocycles. The maximum Gasteiger partial charge on any atom is 0.307 e. The van der Waals surface area contributed by atoms with E-state index in [-0.39, 0.29) is 23.7 Å². The molecule has 1 heterocycles. The largest absolute Gasteiger partial charge is 0.481 e. The van der Waals surface area contributed by atoms with Crippen LogP contribution in [0.3, 0.4) is 0 Å². The lowest BCUT2D eigenvalue weighted by atomic mass is 10.0. The van der Waals surface area contributed by atoms with E-state index in [0.717, 1.165) is 41.9 Å². The number of hydrogen-bond donors (Lipinski definition) is 2. The number of nitrogens with zero attached hydrogens (tertiary/aromatic N) is 1. The third-order valence-electron chi connectivity index (χ3n) is 6.55. The average molecular weight is 445 g/mol. The smallest absolute Gasteiger partial charge is 0.307 e. The Labute approximate surface area is 195 Å². The van der Waals surface area contributed by atoms with Crippen LogP contribution >= 0.6 is 0 Å². The number of aliphatic carboxylic acids is 1. The van der Waals surface area contributed by atoms with E-state index in [1.807, 2.05) is 43.5 Å². The highest BCUT2D eigenvalue weighted by Crippen LogP contribution is 2.48. The molecule has 3 aromatic rings. The van der Waals surface area contributed by atoms with E-state index in [1.165, 1.54) is 5.56 Å². The Kier molecular flexibility index (Phi) is 6.68. The predicted molar refractivity (Wildman–Crippen MR) is 131 cm³/mol. The van der Waals surface area contributed by atoms with Crippen molar-refractivity contribution in [2.75, 3.05) is 5.32 Å². The molecule has 1 fully saturated rings. The van der Waals surface area contributed by atoms with E-state index in [0.29, 0.717) is 12.0 Å². The maximum atomic E-state index is 13.3. The third kappa shape index (κ3) is 5.19. The number of aromatic nitrogens is 1. The number of rotatable bonds is 9. The van der Waals surface area contributed by atoms with E-state index < -0.39 is 5.97 Å². The van der Waals surface area contributed by atoms with Gasteiger partial charge in [-0.3, -0.25) is 9.59 Å². The van der Waals surface area contributed by atoms with Crippen LogP contribution in [0.15, 0.2) is 60.8 Å². The van der Waals surface area contributed by atoms with Crippen LogP contribution in [0.4, 0.5) is 5.69 Å². The fourth-order valence-corrected chi connectivity index (χ4v) is 4.64. The van der Waals surface area contributed by atoms with Crippen molar-refractivity contribution in [1.29, 1.82) is 0 Å². The van der Waals surface area contributed by atoms with Gasteiger partial charge in [0.2, 0.25) is 0 Å². The van der Waals surface area contributed by atoms with Gasteiger partial charge in [0.15, 0.2) is 0 Å². The van der Waals surface area contributed by atoms with Gasteiger partial charge >= 0.3 is 5.97 Å². The van der Waals surface area contributed by atoms with Crippen molar-refractivity contribution < 1.29 is 14.7 Å². The zero-order chi connectivity index (χ0) is 23.5. The van der Waals surface area contributed by atoms with Crippen molar-refractivity contribution in [2.24, 2.45) is 5.92 Å². The molecule has 1 aliphatic carbocycles. The van der Waals surface area contributed by atoms with Crippen LogP contribution in [-0.4, -0.2) is 21.6 Å². The standard InChI is InChI=1S/C28H32N2O3/c1-18(2)26-22(13-15-30(26)14-7-10-20-8-5-4-6-9-20)27(31)29-25-16-21(12-11-19(25)3)23-17-24(23)28(32)33/h4-6,8-9,11-13,15-16,18,23-24H,7,10,14,17H2,1-3H3,(H,29,31)(H,32,33)/t23-,24-/m1/s1. The van der Waals surface area contributed by atoms with E-state index in [4.69, 9.17) is 0 Å². The van der Waals surface area contributed by atoms with Crippen LogP contribution in [0.25, 0.3) is 0 Å². The van der Waals surface area contributed by atoms with Gasteiger partial charge in [-0.05, 0) is 66.8 Å². The number of benzene rings is 2. The summed E-state index contributed by atoms with van der Waals surface area (Å²) >= 11 is 0. The topological polar surface area (TPSA) is 71.3 Å². The molecule has 2 N–H and O–H groups in total. The van der Waals surface area contributed by atoms with Crippen molar-refractivity contribution >= 4 is 17.6 Å². The van der Waals surface area contributed by atoms with E-state index in [1.54, 1.807) is 0 Å². The number of carbonyl (C=O) groups excluding carboxylic acids is 1. The van der Waals surface area contributed by atoms with Gasteiger partial charge in [0.05, 0.1) is 11.5 Å². The molecule has 0 aliphatic heterocycles. The Morgan fingerprint density at radius 3 is 2.55 bits per heavy atom. The van der Waals surface area contributed by atoms with Crippen LogP contribution in [0.2, 0.25) is 0 Å². The van der Waals surface area contributed by atoms with Gasteiger partial charge in [-0.15, -0.1) is 0 Å². The minimum Gasteiger partial charge on any atom is -0.481 e. The lowest BCUT2D eigenvalue weighted by Crippen LogP contribution is -2.16. The Hall–Kier alpha value is -3.34. The molecule has 1 saturated carbocycles. The summed E-state index contributed by atoms with van der Waals surface area (Å²) in [5.74, 6) is -0.926. The first-order valence-electron chi connectivity index (χ1n) is 11.7. The first-order valence-corrected chi connectivity index (χ1v) is 11.7. The maximum absolute atomic E-state index is 13.3. The van der Waals surface area contributed by atoms with Crippen LogP contribution in [0.1, 0.15) is 71.3 Å². The monoisotopic (exact) mass is 444 g/mol. The molecular weight excluding hydrogens is 412 g/mol. The summed E-state index contributed by atoms with van der Waals surface area (Å²) in [4.78, 5) is 24.5. The molecule has 172 valence electrons. The molecule has 0 spiro atoms. The predicted octanol–water partition coefficient (Wildman–Crippen LogP) is 5.99. The fraction of sp³-hybridized carbons (Fsp3) is 0.357. The van der Waals surface area contributed by atoms with Gasteiger partial charge in [-0.1, -0.05) is 56.3 Å². The number of hydrogen-bond acceptors (Lipinski definition) is 2. The molecule has 5 nitrogen and oxygen atoms in total. The second-order valence-electron chi connectivity index (χ2n) is 9.37. The zero-order valence-electron chi connectivity index (χ0n) is 19.5. The number of carbonyl (C=O) groups is 2. The molecule has 2 atom stereocenters. The van der Waals surface area contributed by atoms with Crippen molar-refractivity contribution in [1.82, 2.24) is 4.57 Å². The van der Waals surface area contributed by atoms with Crippen molar-refractivity contribution in [2.45, 2.75) is 58.4 Å². The molecule has 4 rings (SSSR count). The SMILES string of the molecule is Cc1ccc([C@H]2C[C@H]2C(=O)O)cc1NC(=O)c1ccn(CCCc2ccccc2)c1C(C)C. The van der Waals surface area contributed by atoms with Gasteiger partial charge in [-0.2, -0.15) is 0 Å². The normalized spacial score (nSPS) is 17.2. The molecule has 33 heavy (non-hydrogen) atoms. The molecule has 2 aromatic carbocycles. The first kappa shape index (κ1) is 22.8. The average Bonchev–Trinajstić information content (AvgIpc) is 3.48. The van der Waals surface area contributed by atoms with Gasteiger partial charge in [0.25, 0.3) is 5.91 Å². The second-order valence-corrected chi connectivity index (χ2v) is 9.37. The van der Waals surface area contributed by atoms with E-state index in [2.05, 4.69) is 48.0 Å². The highest BCUT2D eigenvalue weighted by Gasteiger charge is 2.44. The lowest BCUT2D eigenvalue weighted by Gasteiger charge is -2.16. The number of anilines is 1. The Morgan fingerprint density at radius 2 is 1.88 bits per heavy atom. The Bertz CT molecular complexity index is 1150. The van der Waals surface area contributed by atoms with E-state index >= 15 is 0 Å². The Morgan fingerprint density at radius 1 is 1.12 bits per heavy atom. The quantitative estimate of drug-likeness (QED) is 0.426. The lowest BCUT2D eigenvalue weighted by molar-refractivity contribution is -0.138. The van der Waals surface area contributed by atoms with Crippen LogP contribution in [-0.2, 0) is 17.8 Å². The molecule has 1 aliphatic rings. The van der Waals surface area contributed by atoms with Crippen molar-refractivity contribution in [3.05, 3.63) is 88.7 Å². The zero-order valence-corrected chi connectivity index (χ0v) is 19.5. The fourth-order valence-electron chi connectivity index (χ4n) is 4.64. The minimum absolute atomic E-state index is 0.0377. The summed E-state index contributed by atoms with van der Waals surface area (Å²) in [6.07, 6.45) is 4.69. The summed E-state index contributed by atoms with van der Waals surface area (Å²) in [6.45, 7) is 7.05. The number of carboxylic acid groups (broad SMARTS) is 1. The number of amides is 1. The van der Waals surface area contributed by atoms with Crippen LogP contribution in [0.5, 0.6) is 0 Å². The molecule has 0 radical (unpaired) electrons. The second kappa shape index (κ2) is 9.65. The number of carboxylic acids is 1. The van der Waals surface area contributed by atoms with Gasteiger partial charge < -0.3 is 15.0 Å². The van der Waals surface area contributed by atoms with Gasteiger partial charge in [0.1, 0.15) is 0 Å². The molecule has 1 amide bonds. The Balaban J connectivity index is 1.47. The van der Waals surface area contributed by atoms with Crippen LogP contribution in [0, 0.1) is 12.8 Å². The first-order chi connectivity index (χ1) is 15.8. The summed E-state index contributed by atoms with van der Waals surface area (Å²) in [5, 5.41) is 12.3. The highest BCUT2D eigenvalue weighted by molar-refractivity contribution is 6.05. The van der Waals surface area contributed by atoms with Crippen molar-refractivity contribution in [3.63, 3.8) is 0 Å². The number of aryl methyl sites for hydroxylation is 3. The molecule has 0 unspecified atom stereocenters. The summed E-state index contributed by atoms with van der Waals surface area (Å²) < 4.78 is 2.20. The summed E-state index contributed by atoms with van der Waals surface area (Å²) in [6, 6.07) is 18.2.